The Morgan fingerprint density at radius 2 is 1.26 bits per heavy atom. The van der Waals surface area contributed by atoms with Gasteiger partial charge in [-0.3, -0.25) is 0 Å². The molecule has 0 bridgehead atoms. The predicted octanol–water partition coefficient (Wildman–Crippen LogP) is 6.77. The summed E-state index contributed by atoms with van der Waals surface area (Å²) in [6.45, 7) is 9.04. The summed E-state index contributed by atoms with van der Waals surface area (Å²) in [4.78, 5) is 0. The summed E-state index contributed by atoms with van der Waals surface area (Å²) >= 11 is 0. The zero-order chi connectivity index (χ0) is 22.2. The molecular weight excluding hydrogens is 396 g/mol. The molecule has 0 saturated carbocycles. The van der Waals surface area contributed by atoms with Crippen LogP contribution < -0.4 is 10.4 Å². The summed E-state index contributed by atoms with van der Waals surface area (Å²) < 4.78 is 13.5. The van der Waals surface area contributed by atoms with Crippen LogP contribution in [0.15, 0.2) is 73.3 Å². The fourth-order valence-electron chi connectivity index (χ4n) is 4.01. The molecule has 0 aliphatic heterocycles. The second kappa shape index (κ2) is 15.2. The van der Waals surface area contributed by atoms with E-state index in [1.165, 1.54) is 61.7 Å². The van der Waals surface area contributed by atoms with Crippen molar-refractivity contribution in [1.29, 1.82) is 0 Å². The van der Waals surface area contributed by atoms with Gasteiger partial charge in [0.2, 0.25) is 0 Å². The molecule has 1 unspecified atom stereocenters. The van der Waals surface area contributed by atoms with Crippen LogP contribution in [0.2, 0.25) is 0 Å². The van der Waals surface area contributed by atoms with Gasteiger partial charge < -0.3 is 8.85 Å². The predicted molar refractivity (Wildman–Crippen MR) is 136 cm³/mol. The highest BCUT2D eigenvalue weighted by atomic mass is 28.4. The molecule has 2 nitrogen and oxygen atoms in total. The topological polar surface area (TPSA) is 18.5 Å². The van der Waals surface area contributed by atoms with Crippen LogP contribution >= 0.6 is 0 Å². The molecule has 2 rings (SSSR count). The summed E-state index contributed by atoms with van der Waals surface area (Å²) in [5.41, 5.74) is 0. The molecule has 0 N–H and O–H groups in total. The van der Waals surface area contributed by atoms with Gasteiger partial charge in [-0.15, -0.1) is 6.58 Å². The molecule has 2 aromatic carbocycles. The molecule has 0 heterocycles. The van der Waals surface area contributed by atoms with Gasteiger partial charge in [0.1, 0.15) is 0 Å². The minimum atomic E-state index is -2.79. The molecule has 1 atom stereocenters. The van der Waals surface area contributed by atoms with E-state index in [-0.39, 0.29) is 6.10 Å². The minimum absolute atomic E-state index is 0.0627. The second-order valence-electron chi connectivity index (χ2n) is 8.48. The van der Waals surface area contributed by atoms with Crippen LogP contribution in [0.1, 0.15) is 78.1 Å². The minimum Gasteiger partial charge on any atom is -0.388 e. The average molecular weight is 439 g/mol. The van der Waals surface area contributed by atoms with Gasteiger partial charge in [0.15, 0.2) is 0 Å². The van der Waals surface area contributed by atoms with Crippen molar-refractivity contribution in [1.82, 2.24) is 0 Å². The van der Waals surface area contributed by atoms with Gasteiger partial charge in [0.25, 0.3) is 0 Å². The lowest BCUT2D eigenvalue weighted by atomic mass is 10.1. The second-order valence-corrected chi connectivity index (χ2v) is 11.4. The molecule has 170 valence electrons. The molecule has 0 amide bonds. The molecule has 0 aliphatic carbocycles. The van der Waals surface area contributed by atoms with Crippen molar-refractivity contribution < 1.29 is 8.85 Å². The van der Waals surface area contributed by atoms with Crippen molar-refractivity contribution in [3.8, 4) is 0 Å². The van der Waals surface area contributed by atoms with Crippen LogP contribution in [0.3, 0.4) is 0 Å². The van der Waals surface area contributed by atoms with Gasteiger partial charge in [-0.05, 0) is 30.1 Å². The monoisotopic (exact) mass is 438 g/mol. The third-order valence-corrected chi connectivity index (χ3v) is 9.26. The molecular formula is C28H42O2Si. The number of rotatable bonds is 17. The van der Waals surface area contributed by atoms with E-state index in [2.05, 4.69) is 81.1 Å². The zero-order valence-electron chi connectivity index (χ0n) is 19.7. The third-order valence-electron chi connectivity index (χ3n) is 5.73. The van der Waals surface area contributed by atoms with Crippen molar-refractivity contribution in [3.63, 3.8) is 0 Å². The van der Waals surface area contributed by atoms with Gasteiger partial charge in [-0.25, -0.2) is 0 Å². The van der Waals surface area contributed by atoms with Crippen molar-refractivity contribution in [3.05, 3.63) is 73.3 Å². The van der Waals surface area contributed by atoms with Crippen LogP contribution in [0.4, 0.5) is 0 Å². The highest BCUT2D eigenvalue weighted by molar-refractivity contribution is 6.92. The Labute approximate surface area is 191 Å². The fourth-order valence-corrected chi connectivity index (χ4v) is 7.38. The summed E-state index contributed by atoms with van der Waals surface area (Å²) in [5, 5.41) is 2.35. The highest BCUT2D eigenvalue weighted by Crippen LogP contribution is 2.16. The molecule has 0 spiro atoms. The van der Waals surface area contributed by atoms with E-state index in [4.69, 9.17) is 8.85 Å². The molecule has 0 aliphatic rings. The lowest BCUT2D eigenvalue weighted by Gasteiger charge is -2.34. The molecule has 0 aromatic heterocycles. The maximum Gasteiger partial charge on any atom is 0.407 e. The maximum absolute atomic E-state index is 6.78. The van der Waals surface area contributed by atoms with E-state index < -0.39 is 8.56 Å². The Morgan fingerprint density at radius 3 is 1.74 bits per heavy atom. The molecule has 3 heteroatoms. The van der Waals surface area contributed by atoms with E-state index in [0.29, 0.717) is 0 Å². The Hall–Kier alpha value is -1.68. The van der Waals surface area contributed by atoms with Crippen molar-refractivity contribution in [2.75, 3.05) is 6.61 Å². The molecule has 0 fully saturated rings. The van der Waals surface area contributed by atoms with Gasteiger partial charge in [-0.2, -0.15) is 0 Å². The maximum atomic E-state index is 6.78. The summed E-state index contributed by atoms with van der Waals surface area (Å²) in [6, 6.07) is 21.1. The lowest BCUT2D eigenvalue weighted by molar-refractivity contribution is 0.141. The van der Waals surface area contributed by atoms with Crippen LogP contribution in [-0.2, 0) is 8.85 Å². The van der Waals surface area contributed by atoms with Crippen LogP contribution in [0.5, 0.6) is 0 Å². The Balaban J connectivity index is 2.03. The first kappa shape index (κ1) is 25.6. The van der Waals surface area contributed by atoms with Crippen LogP contribution in [0, 0.1) is 0 Å². The van der Waals surface area contributed by atoms with Crippen molar-refractivity contribution in [2.45, 2.75) is 84.2 Å². The largest absolute Gasteiger partial charge is 0.407 e. The Kier molecular flexibility index (Phi) is 12.5. The molecule has 0 radical (unpaired) electrons. The van der Waals surface area contributed by atoms with Gasteiger partial charge in [-0.1, -0.05) is 125 Å². The Bertz CT molecular complexity index is 662. The summed E-state index contributed by atoms with van der Waals surface area (Å²) in [6.07, 6.45) is 14.6. The van der Waals surface area contributed by atoms with Crippen LogP contribution in [-0.4, -0.2) is 21.3 Å². The smallest absolute Gasteiger partial charge is 0.388 e. The van der Waals surface area contributed by atoms with Gasteiger partial charge in [0, 0.05) is 12.7 Å². The van der Waals surface area contributed by atoms with E-state index in [1.807, 2.05) is 6.08 Å². The third kappa shape index (κ3) is 8.76. The van der Waals surface area contributed by atoms with Gasteiger partial charge >= 0.3 is 8.56 Å². The zero-order valence-corrected chi connectivity index (χ0v) is 20.7. The van der Waals surface area contributed by atoms with E-state index in [9.17, 15) is 0 Å². The number of hydrogen-bond donors (Lipinski definition) is 0. The van der Waals surface area contributed by atoms with Crippen molar-refractivity contribution >= 4 is 18.9 Å². The van der Waals surface area contributed by atoms with Crippen LogP contribution in [0.25, 0.3) is 0 Å². The summed E-state index contributed by atoms with van der Waals surface area (Å²) in [7, 11) is -2.79. The Morgan fingerprint density at radius 1 is 0.774 bits per heavy atom. The quantitative estimate of drug-likeness (QED) is 0.154. The highest BCUT2D eigenvalue weighted by Gasteiger charge is 2.43. The number of unbranched alkanes of at least 4 members (excludes halogenated alkanes) is 8. The SMILES string of the molecule is C=CCC(C)O[Si](OCCCCCCCCCCC)(c1ccccc1)c1ccccc1. The molecule has 31 heavy (non-hydrogen) atoms. The first-order valence-electron chi connectivity index (χ1n) is 12.3. The van der Waals surface area contributed by atoms with E-state index in [0.717, 1.165) is 19.4 Å². The van der Waals surface area contributed by atoms with Crippen molar-refractivity contribution in [2.24, 2.45) is 0 Å². The van der Waals surface area contributed by atoms with E-state index in [1.54, 1.807) is 0 Å². The first-order chi connectivity index (χ1) is 15.2. The average Bonchev–Trinajstić information content (AvgIpc) is 2.81. The number of benzene rings is 2. The molecule has 2 aromatic rings. The van der Waals surface area contributed by atoms with E-state index >= 15 is 0 Å². The number of hydrogen-bond acceptors (Lipinski definition) is 2. The summed E-state index contributed by atoms with van der Waals surface area (Å²) in [5.74, 6) is 0. The standard InChI is InChI=1S/C28H42O2Si/c1-4-6-7-8-9-10-11-12-19-25-29-31(30-26(3)20-5-2,27-21-15-13-16-22-27)28-23-17-14-18-24-28/h5,13-18,21-24,26H,2,4,6-12,19-20,25H2,1,3H3. The van der Waals surface area contributed by atoms with Gasteiger partial charge in [0.05, 0.1) is 0 Å². The normalized spacial score (nSPS) is 12.6. The lowest BCUT2D eigenvalue weighted by Crippen LogP contribution is -2.64. The molecule has 0 saturated heterocycles. The first-order valence-corrected chi connectivity index (χ1v) is 14.1. The fraction of sp³-hybridized carbons (Fsp3) is 0.500.